The molecule has 0 aliphatic heterocycles. The summed E-state index contributed by atoms with van der Waals surface area (Å²) in [6.07, 6.45) is -4.18. The van der Waals surface area contributed by atoms with Crippen molar-refractivity contribution >= 4 is 11.8 Å². The summed E-state index contributed by atoms with van der Waals surface area (Å²) in [5.41, 5.74) is 0.691. The summed E-state index contributed by atoms with van der Waals surface area (Å²) >= 11 is 0. The van der Waals surface area contributed by atoms with E-state index in [0.717, 1.165) is 17.7 Å². The molecule has 0 bridgehead atoms. The van der Waals surface area contributed by atoms with Gasteiger partial charge in [-0.3, -0.25) is 9.59 Å². The third kappa shape index (κ3) is 7.25. The Balaban J connectivity index is 1.66. The van der Waals surface area contributed by atoms with E-state index in [0.29, 0.717) is 5.56 Å². The fraction of sp³-hybridized carbons (Fsp3) is 0.154. The second-order valence-electron chi connectivity index (χ2n) is 7.18. The van der Waals surface area contributed by atoms with Gasteiger partial charge in [-0.15, -0.1) is 0 Å². The van der Waals surface area contributed by atoms with Gasteiger partial charge in [0.25, 0.3) is 5.91 Å². The first kappa shape index (κ1) is 23.6. The molecule has 168 valence electrons. The Hall–Kier alpha value is -4.05. The highest BCUT2D eigenvalue weighted by Crippen LogP contribution is 2.29. The van der Waals surface area contributed by atoms with E-state index < -0.39 is 23.7 Å². The Morgan fingerprint density at radius 3 is 2.21 bits per heavy atom. The van der Waals surface area contributed by atoms with Crippen molar-refractivity contribution in [2.24, 2.45) is 0 Å². The Bertz CT molecular complexity index is 1150. The molecule has 0 saturated heterocycles. The van der Waals surface area contributed by atoms with E-state index in [9.17, 15) is 22.8 Å². The Morgan fingerprint density at radius 1 is 0.879 bits per heavy atom. The van der Waals surface area contributed by atoms with Gasteiger partial charge in [-0.1, -0.05) is 66.4 Å². The van der Waals surface area contributed by atoms with Crippen molar-refractivity contribution in [2.75, 3.05) is 6.54 Å². The van der Waals surface area contributed by atoms with Crippen LogP contribution in [0.15, 0.2) is 84.9 Å². The lowest BCUT2D eigenvalue weighted by Crippen LogP contribution is -2.48. The molecule has 0 aliphatic rings. The summed E-state index contributed by atoms with van der Waals surface area (Å²) in [6, 6.07) is 21.6. The maximum absolute atomic E-state index is 12.8. The molecule has 0 saturated carbocycles. The summed E-state index contributed by atoms with van der Waals surface area (Å²) < 4.78 is 38.5. The second-order valence-corrected chi connectivity index (χ2v) is 7.18. The first-order chi connectivity index (χ1) is 15.8. The highest BCUT2D eigenvalue weighted by atomic mass is 19.4. The lowest BCUT2D eigenvalue weighted by Gasteiger charge is -2.18. The van der Waals surface area contributed by atoms with Crippen molar-refractivity contribution in [1.82, 2.24) is 10.6 Å². The van der Waals surface area contributed by atoms with Gasteiger partial charge in [0.2, 0.25) is 5.91 Å². The average molecular weight is 450 g/mol. The summed E-state index contributed by atoms with van der Waals surface area (Å²) in [5, 5.41) is 5.37. The molecular weight excluding hydrogens is 429 g/mol. The van der Waals surface area contributed by atoms with Crippen molar-refractivity contribution in [1.29, 1.82) is 0 Å². The minimum Gasteiger partial charge on any atom is -0.343 e. The van der Waals surface area contributed by atoms with Crippen LogP contribution in [0.5, 0.6) is 0 Å². The monoisotopic (exact) mass is 450 g/mol. The molecule has 3 aromatic carbocycles. The largest absolute Gasteiger partial charge is 0.416 e. The minimum absolute atomic E-state index is 0.0818. The normalized spacial score (nSPS) is 11.6. The minimum atomic E-state index is -4.45. The molecule has 2 amide bonds. The number of halogens is 3. The number of nitrogens with one attached hydrogen (secondary N) is 2. The summed E-state index contributed by atoms with van der Waals surface area (Å²) in [6.45, 7) is -0.0818. The van der Waals surface area contributed by atoms with Crippen LogP contribution >= 0.6 is 0 Å². The average Bonchev–Trinajstić information content (AvgIpc) is 2.82. The first-order valence-corrected chi connectivity index (χ1v) is 10.2. The third-order valence-electron chi connectivity index (χ3n) is 4.71. The van der Waals surface area contributed by atoms with Gasteiger partial charge < -0.3 is 10.6 Å². The van der Waals surface area contributed by atoms with Crippen LogP contribution in [-0.4, -0.2) is 24.4 Å². The van der Waals surface area contributed by atoms with Gasteiger partial charge in [0, 0.05) is 17.5 Å². The molecule has 0 heterocycles. The van der Waals surface area contributed by atoms with Crippen molar-refractivity contribution in [3.63, 3.8) is 0 Å². The van der Waals surface area contributed by atoms with Crippen LogP contribution < -0.4 is 10.6 Å². The molecule has 0 fully saturated rings. The highest BCUT2D eigenvalue weighted by molar-refractivity contribution is 5.97. The summed E-state index contributed by atoms with van der Waals surface area (Å²) in [7, 11) is 0. The molecule has 0 aliphatic carbocycles. The molecule has 2 N–H and O–H groups in total. The first-order valence-electron chi connectivity index (χ1n) is 10.2. The number of hydrogen-bond donors (Lipinski definition) is 2. The summed E-state index contributed by atoms with van der Waals surface area (Å²) in [4.78, 5) is 25.3. The zero-order valence-electron chi connectivity index (χ0n) is 17.5. The van der Waals surface area contributed by atoms with Crippen LogP contribution in [0.2, 0.25) is 0 Å². The van der Waals surface area contributed by atoms with Crippen LogP contribution in [-0.2, 0) is 17.4 Å². The number of benzene rings is 3. The van der Waals surface area contributed by atoms with E-state index in [1.165, 1.54) is 12.1 Å². The molecule has 3 rings (SSSR count). The van der Waals surface area contributed by atoms with Gasteiger partial charge in [0.1, 0.15) is 6.04 Å². The van der Waals surface area contributed by atoms with Gasteiger partial charge in [-0.25, -0.2) is 0 Å². The standard InChI is InChI=1S/C26H21F3N2O2/c27-26(28,29)22-15-7-11-19(17-22)12-8-16-30-25(33)23(18-20-9-3-1-4-10-20)31-24(32)21-13-5-2-6-14-21/h1-7,9-11,13-15,17,23H,16,18H2,(H,30,33)(H,31,32). The molecule has 33 heavy (non-hydrogen) atoms. The smallest absolute Gasteiger partial charge is 0.343 e. The van der Waals surface area contributed by atoms with Gasteiger partial charge >= 0.3 is 6.18 Å². The number of amides is 2. The molecule has 7 heteroatoms. The predicted molar refractivity (Wildman–Crippen MR) is 119 cm³/mol. The van der Waals surface area contributed by atoms with E-state index in [1.807, 2.05) is 30.3 Å². The van der Waals surface area contributed by atoms with E-state index >= 15 is 0 Å². The van der Waals surface area contributed by atoms with E-state index in [-0.39, 0.29) is 24.4 Å². The van der Waals surface area contributed by atoms with Crippen molar-refractivity contribution in [3.8, 4) is 11.8 Å². The van der Waals surface area contributed by atoms with Crippen LogP contribution in [0.4, 0.5) is 13.2 Å². The van der Waals surface area contributed by atoms with Crippen LogP contribution in [0, 0.1) is 11.8 Å². The SMILES string of the molecule is O=C(NC(Cc1ccccc1)C(=O)NCC#Cc1cccc(C(F)(F)F)c1)c1ccccc1. The topological polar surface area (TPSA) is 58.2 Å². The zero-order valence-corrected chi connectivity index (χ0v) is 17.5. The summed E-state index contributed by atoms with van der Waals surface area (Å²) in [5.74, 6) is 4.44. The van der Waals surface area contributed by atoms with Gasteiger partial charge in [-0.05, 0) is 35.9 Å². The van der Waals surface area contributed by atoms with Crippen molar-refractivity contribution < 1.29 is 22.8 Å². The molecule has 0 spiro atoms. The van der Waals surface area contributed by atoms with Crippen LogP contribution in [0.1, 0.15) is 27.0 Å². The number of rotatable bonds is 6. The fourth-order valence-corrected chi connectivity index (χ4v) is 3.06. The van der Waals surface area contributed by atoms with Gasteiger partial charge in [0.15, 0.2) is 0 Å². The number of alkyl halides is 3. The molecule has 4 nitrogen and oxygen atoms in total. The van der Waals surface area contributed by atoms with Crippen LogP contribution in [0.25, 0.3) is 0 Å². The molecule has 1 unspecified atom stereocenters. The second kappa shape index (κ2) is 11.0. The van der Waals surface area contributed by atoms with E-state index in [1.54, 1.807) is 30.3 Å². The van der Waals surface area contributed by atoms with E-state index in [4.69, 9.17) is 0 Å². The van der Waals surface area contributed by atoms with Gasteiger partial charge in [0.05, 0.1) is 12.1 Å². The Morgan fingerprint density at radius 2 is 1.55 bits per heavy atom. The predicted octanol–water partition coefficient (Wildman–Crippen LogP) is 4.21. The van der Waals surface area contributed by atoms with E-state index in [2.05, 4.69) is 22.5 Å². The number of carbonyl (C=O) groups excluding carboxylic acids is 2. The maximum atomic E-state index is 12.8. The zero-order chi connectivity index (χ0) is 23.7. The quantitative estimate of drug-likeness (QED) is 0.553. The molecular formula is C26H21F3N2O2. The lowest BCUT2D eigenvalue weighted by molar-refractivity contribution is -0.137. The molecule has 3 aromatic rings. The maximum Gasteiger partial charge on any atom is 0.416 e. The fourth-order valence-electron chi connectivity index (χ4n) is 3.06. The highest BCUT2D eigenvalue weighted by Gasteiger charge is 2.30. The molecule has 1 atom stereocenters. The molecule has 0 aromatic heterocycles. The van der Waals surface area contributed by atoms with Gasteiger partial charge in [-0.2, -0.15) is 13.2 Å². The Labute approximate surface area is 189 Å². The molecule has 0 radical (unpaired) electrons. The van der Waals surface area contributed by atoms with Crippen LogP contribution in [0.3, 0.4) is 0 Å². The van der Waals surface area contributed by atoms with Crippen molar-refractivity contribution in [3.05, 3.63) is 107 Å². The lowest BCUT2D eigenvalue weighted by atomic mass is 10.0. The number of carbonyl (C=O) groups is 2. The van der Waals surface area contributed by atoms with Crippen molar-refractivity contribution in [2.45, 2.75) is 18.6 Å². The third-order valence-corrected chi connectivity index (χ3v) is 4.71. The number of hydrogen-bond acceptors (Lipinski definition) is 2. The Kier molecular flexibility index (Phi) is 7.87.